The zero-order valence-corrected chi connectivity index (χ0v) is 15.1. The van der Waals surface area contributed by atoms with Gasteiger partial charge in [-0.15, -0.1) is 0 Å². The Morgan fingerprint density at radius 2 is 1.92 bits per heavy atom. The maximum atomic E-state index is 13.7. The highest BCUT2D eigenvalue weighted by molar-refractivity contribution is 5.79. The predicted molar refractivity (Wildman–Crippen MR) is 103 cm³/mol. The number of hydrogen-bond donors (Lipinski definition) is 3. The number of benzene rings is 2. The minimum absolute atomic E-state index is 0.187. The van der Waals surface area contributed by atoms with Crippen molar-refractivity contribution in [3.05, 3.63) is 71.0 Å². The largest absolute Gasteiger partial charge is 0.383 e. The van der Waals surface area contributed by atoms with Crippen LogP contribution in [0.3, 0.4) is 0 Å². The first-order chi connectivity index (χ1) is 12.6. The number of rotatable bonds is 6. The summed E-state index contributed by atoms with van der Waals surface area (Å²) in [5, 5.41) is 17.4. The Hall–Kier alpha value is -2.40. The van der Waals surface area contributed by atoms with Crippen molar-refractivity contribution >= 4 is 5.96 Å². The minimum atomic E-state index is -0.912. The van der Waals surface area contributed by atoms with E-state index in [9.17, 15) is 9.50 Å². The molecule has 0 aromatic heterocycles. The molecule has 5 heteroatoms. The van der Waals surface area contributed by atoms with Crippen LogP contribution in [0.4, 0.5) is 4.39 Å². The number of aliphatic imine (C=N–C) groups is 1. The van der Waals surface area contributed by atoms with E-state index in [1.54, 1.807) is 12.1 Å². The van der Waals surface area contributed by atoms with Crippen LogP contribution >= 0.6 is 0 Å². The molecule has 1 unspecified atom stereocenters. The zero-order chi connectivity index (χ0) is 18.4. The number of halogens is 1. The molecule has 0 heterocycles. The van der Waals surface area contributed by atoms with Gasteiger partial charge in [-0.2, -0.15) is 0 Å². The van der Waals surface area contributed by atoms with Crippen LogP contribution in [-0.2, 0) is 18.4 Å². The Bertz CT molecular complexity index is 777. The standard InChI is InChI=1S/C21H26FN3O/c1-2-23-20(24-14-12-17-8-4-6-10-19(17)22)25-15-21(26)13-11-16-7-3-5-9-18(16)21/h3-10,26H,2,11-15H2,1H3,(H2,23,24,25). The van der Waals surface area contributed by atoms with Gasteiger partial charge >= 0.3 is 0 Å². The molecule has 26 heavy (non-hydrogen) atoms. The van der Waals surface area contributed by atoms with E-state index in [2.05, 4.69) is 21.7 Å². The third-order valence-corrected chi connectivity index (χ3v) is 4.81. The summed E-state index contributed by atoms with van der Waals surface area (Å²) in [5.74, 6) is 0.453. The van der Waals surface area contributed by atoms with E-state index in [1.165, 1.54) is 11.6 Å². The van der Waals surface area contributed by atoms with E-state index in [4.69, 9.17) is 0 Å². The molecule has 0 aliphatic heterocycles. The summed E-state index contributed by atoms with van der Waals surface area (Å²) in [6.45, 7) is 3.59. The maximum absolute atomic E-state index is 13.7. The molecule has 0 fully saturated rings. The average Bonchev–Trinajstić information content (AvgIpc) is 2.99. The van der Waals surface area contributed by atoms with Crippen LogP contribution < -0.4 is 10.6 Å². The maximum Gasteiger partial charge on any atom is 0.191 e. The van der Waals surface area contributed by atoms with Crippen molar-refractivity contribution in [2.45, 2.75) is 31.8 Å². The number of nitrogens with one attached hydrogen (secondary N) is 2. The lowest BCUT2D eigenvalue weighted by atomic mass is 9.96. The van der Waals surface area contributed by atoms with Crippen LogP contribution in [0.5, 0.6) is 0 Å². The highest BCUT2D eigenvalue weighted by Gasteiger charge is 2.36. The van der Waals surface area contributed by atoms with Crippen molar-refractivity contribution in [3.8, 4) is 0 Å². The highest BCUT2D eigenvalue weighted by Crippen LogP contribution is 2.36. The number of nitrogens with zero attached hydrogens (tertiary/aromatic N) is 1. The normalized spacial score (nSPS) is 19.3. The van der Waals surface area contributed by atoms with Gasteiger partial charge in [0.15, 0.2) is 5.96 Å². The molecular weight excluding hydrogens is 329 g/mol. The smallest absolute Gasteiger partial charge is 0.191 e. The monoisotopic (exact) mass is 355 g/mol. The van der Waals surface area contributed by atoms with Crippen LogP contribution in [0.25, 0.3) is 0 Å². The average molecular weight is 355 g/mol. The molecule has 2 aromatic carbocycles. The summed E-state index contributed by atoms with van der Waals surface area (Å²) >= 11 is 0. The molecule has 0 radical (unpaired) electrons. The predicted octanol–water partition coefficient (Wildman–Crippen LogP) is 2.76. The Kier molecular flexibility index (Phi) is 5.89. The quantitative estimate of drug-likeness (QED) is 0.552. The first-order valence-electron chi connectivity index (χ1n) is 9.19. The van der Waals surface area contributed by atoms with Gasteiger partial charge in [0, 0.05) is 13.1 Å². The van der Waals surface area contributed by atoms with E-state index in [0.717, 1.165) is 18.5 Å². The highest BCUT2D eigenvalue weighted by atomic mass is 19.1. The molecule has 0 saturated carbocycles. The van der Waals surface area contributed by atoms with E-state index >= 15 is 0 Å². The Morgan fingerprint density at radius 1 is 1.15 bits per heavy atom. The molecule has 138 valence electrons. The molecule has 0 spiro atoms. The second-order valence-corrected chi connectivity index (χ2v) is 6.65. The van der Waals surface area contributed by atoms with Crippen LogP contribution in [0.15, 0.2) is 53.5 Å². The molecule has 1 aliphatic rings. The minimum Gasteiger partial charge on any atom is -0.383 e. The number of guanidine groups is 1. The summed E-state index contributed by atoms with van der Waals surface area (Å²) in [7, 11) is 0. The fourth-order valence-corrected chi connectivity index (χ4v) is 3.40. The summed E-state index contributed by atoms with van der Waals surface area (Å²) in [5.41, 5.74) is 1.94. The van der Waals surface area contributed by atoms with E-state index < -0.39 is 5.60 Å². The van der Waals surface area contributed by atoms with Crippen LogP contribution in [0.1, 0.15) is 30.0 Å². The van der Waals surface area contributed by atoms with E-state index in [0.29, 0.717) is 37.5 Å². The molecule has 3 N–H and O–H groups in total. The second kappa shape index (κ2) is 8.32. The molecule has 0 saturated heterocycles. The number of fused-ring (bicyclic) bond motifs is 1. The van der Waals surface area contributed by atoms with Gasteiger partial charge in [-0.05, 0) is 48.9 Å². The summed E-state index contributed by atoms with van der Waals surface area (Å²) in [6.07, 6.45) is 2.13. The van der Waals surface area contributed by atoms with Gasteiger partial charge in [0.2, 0.25) is 0 Å². The Balaban J connectivity index is 1.62. The summed E-state index contributed by atoms with van der Waals surface area (Å²) in [4.78, 5) is 4.57. The number of aliphatic hydroxyl groups is 1. The molecule has 1 atom stereocenters. The molecule has 1 aliphatic carbocycles. The fourth-order valence-electron chi connectivity index (χ4n) is 3.40. The van der Waals surface area contributed by atoms with Crippen molar-refractivity contribution in [2.75, 3.05) is 19.6 Å². The van der Waals surface area contributed by atoms with E-state index in [-0.39, 0.29) is 5.82 Å². The molecule has 0 bridgehead atoms. The van der Waals surface area contributed by atoms with Crippen LogP contribution in [0.2, 0.25) is 0 Å². The molecule has 0 amide bonds. The van der Waals surface area contributed by atoms with Crippen LogP contribution in [0, 0.1) is 5.82 Å². The van der Waals surface area contributed by atoms with Gasteiger partial charge in [-0.1, -0.05) is 42.5 Å². The van der Waals surface area contributed by atoms with Crippen LogP contribution in [-0.4, -0.2) is 30.7 Å². The summed E-state index contributed by atoms with van der Waals surface area (Å²) < 4.78 is 13.7. The Labute approximate surface area is 154 Å². The second-order valence-electron chi connectivity index (χ2n) is 6.65. The van der Waals surface area contributed by atoms with Gasteiger partial charge < -0.3 is 15.7 Å². The third-order valence-electron chi connectivity index (χ3n) is 4.81. The number of hydrogen-bond acceptors (Lipinski definition) is 2. The molecule has 4 nitrogen and oxygen atoms in total. The summed E-state index contributed by atoms with van der Waals surface area (Å²) in [6, 6.07) is 14.8. The van der Waals surface area contributed by atoms with Crippen molar-refractivity contribution in [1.29, 1.82) is 0 Å². The van der Waals surface area contributed by atoms with Gasteiger partial charge in [0.05, 0.1) is 6.54 Å². The van der Waals surface area contributed by atoms with Crippen molar-refractivity contribution in [2.24, 2.45) is 4.99 Å². The lowest BCUT2D eigenvalue weighted by Gasteiger charge is -2.22. The first-order valence-corrected chi connectivity index (χ1v) is 9.19. The van der Waals surface area contributed by atoms with Gasteiger partial charge in [-0.3, -0.25) is 0 Å². The van der Waals surface area contributed by atoms with Gasteiger partial charge in [-0.25, -0.2) is 9.38 Å². The topological polar surface area (TPSA) is 56.7 Å². The molecule has 3 rings (SSSR count). The zero-order valence-electron chi connectivity index (χ0n) is 15.1. The van der Waals surface area contributed by atoms with Crippen molar-refractivity contribution in [3.63, 3.8) is 0 Å². The SMILES string of the molecule is CCNC(=NCC1(O)CCc2ccccc21)NCCc1ccccc1F. The fraction of sp³-hybridized carbons (Fsp3) is 0.381. The lowest BCUT2D eigenvalue weighted by molar-refractivity contribution is 0.0485. The van der Waals surface area contributed by atoms with Gasteiger partial charge in [0.1, 0.15) is 11.4 Å². The third kappa shape index (κ3) is 4.22. The molecule has 2 aromatic rings. The van der Waals surface area contributed by atoms with Gasteiger partial charge in [0.25, 0.3) is 0 Å². The lowest BCUT2D eigenvalue weighted by Crippen LogP contribution is -2.40. The van der Waals surface area contributed by atoms with Crippen molar-refractivity contribution < 1.29 is 9.50 Å². The number of aryl methyl sites for hydroxylation is 1. The van der Waals surface area contributed by atoms with E-state index in [1.807, 2.05) is 31.2 Å². The van der Waals surface area contributed by atoms with Crippen molar-refractivity contribution in [1.82, 2.24) is 10.6 Å². The Morgan fingerprint density at radius 3 is 2.73 bits per heavy atom. The first kappa shape index (κ1) is 18.4. The molecular formula is C21H26FN3O.